The molecule has 124 valence electrons. The summed E-state index contributed by atoms with van der Waals surface area (Å²) in [4.78, 5) is 11.6. The van der Waals surface area contributed by atoms with Crippen LogP contribution in [0.2, 0.25) is 0 Å². The van der Waals surface area contributed by atoms with E-state index in [1.54, 1.807) is 23.0 Å². The number of benzene rings is 1. The molecule has 0 aliphatic carbocycles. The first-order valence-corrected chi connectivity index (χ1v) is 8.00. The van der Waals surface area contributed by atoms with Gasteiger partial charge in [0.15, 0.2) is 0 Å². The number of aromatic amines is 1. The molecule has 26 heavy (non-hydrogen) atoms. The van der Waals surface area contributed by atoms with Crippen LogP contribution in [-0.2, 0) is 0 Å². The van der Waals surface area contributed by atoms with Gasteiger partial charge in [0.05, 0.1) is 42.1 Å². The number of nitrogens with one attached hydrogen (secondary N) is 1. The summed E-state index contributed by atoms with van der Waals surface area (Å²) in [6.07, 6.45) is 7.18. The largest absolute Gasteiger partial charge is 0.346 e. The first-order valence-electron chi connectivity index (χ1n) is 8.00. The van der Waals surface area contributed by atoms with Gasteiger partial charge in [-0.05, 0) is 23.8 Å². The Morgan fingerprint density at radius 2 is 2.12 bits per heavy atom. The van der Waals surface area contributed by atoms with Crippen molar-refractivity contribution < 1.29 is 0 Å². The predicted octanol–water partition coefficient (Wildman–Crippen LogP) is 3.20. The Morgan fingerprint density at radius 3 is 2.96 bits per heavy atom. The number of rotatable bonds is 4. The Hall–Kier alpha value is -3.97. The minimum absolute atomic E-state index is 0.249. The van der Waals surface area contributed by atoms with Crippen molar-refractivity contribution in [3.63, 3.8) is 0 Å². The maximum absolute atomic E-state index is 9.24. The Kier molecular flexibility index (Phi) is 3.89. The van der Waals surface area contributed by atoms with Crippen LogP contribution in [0.3, 0.4) is 0 Å². The second-order valence-electron chi connectivity index (χ2n) is 5.79. The standard InChI is InChI=1S/C19H13N7/c20-6-4-17(14-3-1-2-13(8-14)9-21)26-11-15(10-25-26)18-16-5-7-22-19(16)24-12-23-18/h1-3,5,7-8,10-12,17H,4H2,(H,22,23,24)/t17-/m1/s1. The molecular formula is C19H13N7. The average Bonchev–Trinajstić information content (AvgIpc) is 3.35. The predicted molar refractivity (Wildman–Crippen MR) is 94.6 cm³/mol. The van der Waals surface area contributed by atoms with Gasteiger partial charge in [0.25, 0.3) is 0 Å². The summed E-state index contributed by atoms with van der Waals surface area (Å²) in [5.41, 5.74) is 3.82. The maximum atomic E-state index is 9.24. The minimum atomic E-state index is -0.273. The molecule has 7 heteroatoms. The smallest absolute Gasteiger partial charge is 0.141 e. The van der Waals surface area contributed by atoms with Crippen molar-refractivity contribution in [2.45, 2.75) is 12.5 Å². The molecule has 0 spiro atoms. The molecule has 3 aromatic heterocycles. The second kappa shape index (κ2) is 6.50. The van der Waals surface area contributed by atoms with Crippen molar-refractivity contribution in [2.24, 2.45) is 0 Å². The van der Waals surface area contributed by atoms with E-state index >= 15 is 0 Å². The lowest BCUT2D eigenvalue weighted by molar-refractivity contribution is 0.532. The Bertz CT molecular complexity index is 1160. The summed E-state index contributed by atoms with van der Waals surface area (Å²) in [6, 6.07) is 13.2. The van der Waals surface area contributed by atoms with Gasteiger partial charge in [-0.2, -0.15) is 15.6 Å². The summed E-state index contributed by atoms with van der Waals surface area (Å²) in [5.74, 6) is 0. The van der Waals surface area contributed by atoms with Gasteiger partial charge in [-0.25, -0.2) is 9.97 Å². The fourth-order valence-corrected chi connectivity index (χ4v) is 3.00. The van der Waals surface area contributed by atoms with Gasteiger partial charge in [0, 0.05) is 23.3 Å². The number of nitrogens with zero attached hydrogens (tertiary/aromatic N) is 6. The van der Waals surface area contributed by atoms with Gasteiger partial charge in [-0.1, -0.05) is 12.1 Å². The highest BCUT2D eigenvalue weighted by molar-refractivity contribution is 5.89. The third-order valence-electron chi connectivity index (χ3n) is 4.23. The molecule has 0 fully saturated rings. The first kappa shape index (κ1) is 15.6. The van der Waals surface area contributed by atoms with Crippen LogP contribution in [0.25, 0.3) is 22.3 Å². The van der Waals surface area contributed by atoms with Crippen molar-refractivity contribution in [1.82, 2.24) is 24.7 Å². The van der Waals surface area contributed by atoms with Gasteiger partial charge in [0.1, 0.15) is 12.0 Å². The Morgan fingerprint density at radius 1 is 1.19 bits per heavy atom. The fourth-order valence-electron chi connectivity index (χ4n) is 3.00. The van der Waals surface area contributed by atoms with E-state index in [4.69, 9.17) is 5.26 Å². The zero-order chi connectivity index (χ0) is 17.9. The van der Waals surface area contributed by atoms with Crippen molar-refractivity contribution in [3.05, 3.63) is 66.4 Å². The zero-order valence-electron chi connectivity index (χ0n) is 13.7. The number of nitriles is 2. The SMILES string of the molecule is N#CC[C@H](c1cccc(C#N)c1)n1cc(-c2ncnc3[nH]ccc23)cn1. The van der Waals surface area contributed by atoms with Crippen molar-refractivity contribution in [1.29, 1.82) is 10.5 Å². The van der Waals surface area contributed by atoms with Crippen LogP contribution in [0, 0.1) is 22.7 Å². The third kappa shape index (κ3) is 2.68. The monoisotopic (exact) mass is 339 g/mol. The molecule has 4 aromatic rings. The highest BCUT2D eigenvalue weighted by Gasteiger charge is 2.17. The van der Waals surface area contributed by atoms with E-state index in [0.29, 0.717) is 5.56 Å². The van der Waals surface area contributed by atoms with Crippen LogP contribution in [0.5, 0.6) is 0 Å². The molecule has 0 aliphatic rings. The van der Waals surface area contributed by atoms with Gasteiger partial charge >= 0.3 is 0 Å². The van der Waals surface area contributed by atoms with E-state index in [2.05, 4.69) is 32.2 Å². The number of fused-ring (bicyclic) bond motifs is 1. The molecule has 0 unspecified atom stereocenters. The molecule has 4 rings (SSSR count). The van der Waals surface area contributed by atoms with E-state index in [1.807, 2.05) is 30.6 Å². The van der Waals surface area contributed by atoms with E-state index in [-0.39, 0.29) is 12.5 Å². The molecule has 0 bridgehead atoms. The van der Waals surface area contributed by atoms with Crippen LogP contribution >= 0.6 is 0 Å². The molecule has 0 radical (unpaired) electrons. The normalized spacial score (nSPS) is 11.8. The van der Waals surface area contributed by atoms with Crippen LogP contribution in [-0.4, -0.2) is 24.7 Å². The molecule has 0 aliphatic heterocycles. The van der Waals surface area contributed by atoms with E-state index < -0.39 is 0 Å². The maximum Gasteiger partial charge on any atom is 0.141 e. The molecule has 0 saturated carbocycles. The molecular weight excluding hydrogens is 326 g/mol. The highest BCUT2D eigenvalue weighted by Crippen LogP contribution is 2.28. The number of hydrogen-bond acceptors (Lipinski definition) is 5. The van der Waals surface area contributed by atoms with Crippen LogP contribution in [0.4, 0.5) is 0 Å². The third-order valence-corrected chi connectivity index (χ3v) is 4.23. The summed E-state index contributed by atoms with van der Waals surface area (Å²) in [5, 5.41) is 23.7. The number of H-pyrrole nitrogens is 1. The molecule has 3 heterocycles. The summed E-state index contributed by atoms with van der Waals surface area (Å²) in [7, 11) is 0. The quantitative estimate of drug-likeness (QED) is 0.614. The van der Waals surface area contributed by atoms with Crippen LogP contribution in [0.1, 0.15) is 23.6 Å². The summed E-state index contributed by atoms with van der Waals surface area (Å²) >= 11 is 0. The van der Waals surface area contributed by atoms with Gasteiger partial charge < -0.3 is 4.98 Å². The van der Waals surface area contributed by atoms with Crippen LogP contribution in [0.15, 0.2) is 55.2 Å². The van der Waals surface area contributed by atoms with Gasteiger partial charge in [0.2, 0.25) is 0 Å². The lowest BCUT2D eigenvalue weighted by Gasteiger charge is -2.15. The highest BCUT2D eigenvalue weighted by atomic mass is 15.3. The zero-order valence-corrected chi connectivity index (χ0v) is 13.7. The fraction of sp³-hybridized carbons (Fsp3) is 0.105. The van der Waals surface area contributed by atoms with Crippen molar-refractivity contribution in [3.8, 4) is 23.4 Å². The summed E-state index contributed by atoms with van der Waals surface area (Å²) in [6.45, 7) is 0. The Balaban J connectivity index is 1.76. The number of aromatic nitrogens is 5. The molecule has 1 N–H and O–H groups in total. The second-order valence-corrected chi connectivity index (χ2v) is 5.79. The topological polar surface area (TPSA) is 107 Å². The molecule has 7 nitrogen and oxygen atoms in total. The van der Waals surface area contributed by atoms with Crippen LogP contribution < -0.4 is 0 Å². The van der Waals surface area contributed by atoms with Gasteiger partial charge in [-0.3, -0.25) is 4.68 Å². The molecule has 1 atom stereocenters. The number of hydrogen-bond donors (Lipinski definition) is 1. The summed E-state index contributed by atoms with van der Waals surface area (Å²) < 4.78 is 1.75. The minimum Gasteiger partial charge on any atom is -0.346 e. The lowest BCUT2D eigenvalue weighted by atomic mass is 10.0. The van der Waals surface area contributed by atoms with E-state index in [9.17, 15) is 5.26 Å². The van der Waals surface area contributed by atoms with Gasteiger partial charge in [-0.15, -0.1) is 0 Å². The first-order chi connectivity index (χ1) is 12.8. The molecule has 1 aromatic carbocycles. The molecule has 0 saturated heterocycles. The Labute approximate surface area is 149 Å². The lowest BCUT2D eigenvalue weighted by Crippen LogP contribution is -2.10. The molecule has 0 amide bonds. The van der Waals surface area contributed by atoms with Crippen molar-refractivity contribution >= 4 is 11.0 Å². The van der Waals surface area contributed by atoms with Crippen molar-refractivity contribution in [2.75, 3.05) is 0 Å². The van der Waals surface area contributed by atoms with E-state index in [0.717, 1.165) is 27.9 Å². The average molecular weight is 339 g/mol. The van der Waals surface area contributed by atoms with E-state index in [1.165, 1.54) is 6.33 Å².